The zero-order valence-corrected chi connectivity index (χ0v) is 27.7. The number of carboxylic acids is 3. The van der Waals surface area contributed by atoms with E-state index in [1.54, 1.807) is 20.8 Å². The molecule has 0 aliphatic carbocycles. The van der Waals surface area contributed by atoms with Crippen LogP contribution in [0.2, 0.25) is 0 Å². The summed E-state index contributed by atoms with van der Waals surface area (Å²) in [5, 5.41) is 28.3. The Morgan fingerprint density at radius 2 is 0.810 bits per heavy atom. The number of carbonyl (C=O) groups is 3. The van der Waals surface area contributed by atoms with Crippen LogP contribution in [0.1, 0.15) is 150 Å². The van der Waals surface area contributed by atoms with Gasteiger partial charge in [-0.1, -0.05) is 123 Å². The first-order valence-electron chi connectivity index (χ1n) is 17.2. The van der Waals surface area contributed by atoms with Gasteiger partial charge in [-0.15, -0.1) is 0 Å². The van der Waals surface area contributed by atoms with Crippen molar-refractivity contribution in [3.63, 3.8) is 0 Å². The lowest BCUT2D eigenvalue weighted by molar-refractivity contribution is -0.929. The average Bonchev–Trinajstić information content (AvgIpc) is 2.96. The summed E-state index contributed by atoms with van der Waals surface area (Å²) in [4.78, 5) is 34.5. The van der Waals surface area contributed by atoms with Gasteiger partial charge in [0.15, 0.2) is 0 Å². The van der Waals surface area contributed by atoms with Crippen LogP contribution in [0.4, 0.5) is 0 Å². The van der Waals surface area contributed by atoms with Gasteiger partial charge in [-0.2, -0.15) is 0 Å². The molecular formula is C35H66NO6+. The Balaban J connectivity index is 4.58. The molecule has 0 saturated carbocycles. The van der Waals surface area contributed by atoms with E-state index in [2.05, 4.69) is 19.1 Å². The van der Waals surface area contributed by atoms with Crippen LogP contribution < -0.4 is 0 Å². The van der Waals surface area contributed by atoms with Gasteiger partial charge >= 0.3 is 17.9 Å². The predicted molar refractivity (Wildman–Crippen MR) is 173 cm³/mol. The third-order valence-electron chi connectivity index (χ3n) is 9.04. The van der Waals surface area contributed by atoms with E-state index in [0.29, 0.717) is 43.4 Å². The lowest BCUT2D eigenvalue weighted by atomic mass is 10.0. The predicted octanol–water partition coefficient (Wildman–Crippen LogP) is 8.95. The van der Waals surface area contributed by atoms with Gasteiger partial charge in [0, 0.05) is 25.7 Å². The first kappa shape index (κ1) is 40.1. The summed E-state index contributed by atoms with van der Waals surface area (Å²) < 4.78 is 0.566. The van der Waals surface area contributed by atoms with Gasteiger partial charge in [-0.05, 0) is 12.8 Å². The second-order valence-electron chi connectivity index (χ2n) is 13.0. The van der Waals surface area contributed by atoms with Crippen molar-refractivity contribution in [2.45, 2.75) is 150 Å². The van der Waals surface area contributed by atoms with E-state index in [4.69, 9.17) is 0 Å². The first-order valence-corrected chi connectivity index (χ1v) is 17.2. The van der Waals surface area contributed by atoms with Crippen molar-refractivity contribution in [2.75, 3.05) is 26.2 Å². The molecule has 0 aliphatic heterocycles. The summed E-state index contributed by atoms with van der Waals surface area (Å²) in [6, 6.07) is 0. The molecule has 0 radical (unpaired) electrons. The quantitative estimate of drug-likeness (QED) is 0.0433. The number of carboxylic acid groups (broad SMARTS) is 3. The highest BCUT2D eigenvalue weighted by Crippen LogP contribution is 2.21. The van der Waals surface area contributed by atoms with Gasteiger partial charge in [0.2, 0.25) is 0 Å². The van der Waals surface area contributed by atoms with E-state index in [-0.39, 0.29) is 0 Å². The van der Waals surface area contributed by atoms with Crippen molar-refractivity contribution in [2.24, 2.45) is 17.8 Å². The van der Waals surface area contributed by atoms with E-state index >= 15 is 0 Å². The third-order valence-corrected chi connectivity index (χ3v) is 9.04. The highest BCUT2D eigenvalue weighted by molar-refractivity contribution is 5.70. The topological polar surface area (TPSA) is 112 Å². The molecule has 3 N–H and O–H groups in total. The fraction of sp³-hybridized carbons (Fsp3) is 0.857. The maximum absolute atomic E-state index is 11.5. The Morgan fingerprint density at radius 1 is 0.500 bits per heavy atom. The Labute approximate surface area is 257 Å². The molecule has 246 valence electrons. The summed E-state index contributed by atoms with van der Waals surface area (Å²) in [6.07, 6.45) is 26.7. The van der Waals surface area contributed by atoms with Crippen molar-refractivity contribution in [3.05, 3.63) is 12.2 Å². The van der Waals surface area contributed by atoms with Crippen LogP contribution in [-0.2, 0) is 14.4 Å². The smallest absolute Gasteiger partial charge is 0.306 e. The minimum Gasteiger partial charge on any atom is -0.481 e. The van der Waals surface area contributed by atoms with Crippen molar-refractivity contribution in [3.8, 4) is 0 Å². The van der Waals surface area contributed by atoms with Crippen LogP contribution in [0.15, 0.2) is 12.2 Å². The summed E-state index contributed by atoms with van der Waals surface area (Å²) >= 11 is 0. The molecule has 0 aliphatic rings. The zero-order chi connectivity index (χ0) is 31.6. The average molecular weight is 597 g/mol. The summed E-state index contributed by atoms with van der Waals surface area (Å²) in [6.45, 7) is 9.97. The minimum atomic E-state index is -0.834. The lowest BCUT2D eigenvalue weighted by Gasteiger charge is -2.40. The SMILES string of the molecule is CCCCCCCCCCCCCCCC/C=C/CC[N+](CCC(C)C(=O)O)(CCC(C)C(=O)O)CCC(C)C(=O)O. The summed E-state index contributed by atoms with van der Waals surface area (Å²) in [7, 11) is 0. The fourth-order valence-electron chi connectivity index (χ4n) is 5.48. The Bertz CT molecular complexity index is 677. The standard InChI is InChI=1S/C35H65NO6/c1-5-6-7-8-9-10-11-12-13-14-15-16-17-18-19-20-21-22-26-36(27-23-30(2)33(37)38,28-24-31(3)34(39)40)29-25-32(4)35(41)42/h20-21,30-32H,5-19,22-29H2,1-4H3,(H2-,37,38,39,40,41,42)/p+1/b21-20+. The molecule has 0 aromatic rings. The number of rotatable bonds is 30. The molecular weight excluding hydrogens is 530 g/mol. The van der Waals surface area contributed by atoms with Gasteiger partial charge in [0.1, 0.15) is 0 Å². The van der Waals surface area contributed by atoms with Crippen LogP contribution in [0.3, 0.4) is 0 Å². The van der Waals surface area contributed by atoms with Gasteiger partial charge in [0.05, 0.1) is 43.9 Å². The minimum absolute atomic E-state index is 0.487. The Morgan fingerprint density at radius 3 is 1.14 bits per heavy atom. The van der Waals surface area contributed by atoms with Crippen LogP contribution in [0.5, 0.6) is 0 Å². The fourth-order valence-corrected chi connectivity index (χ4v) is 5.48. The van der Waals surface area contributed by atoms with Crippen LogP contribution >= 0.6 is 0 Å². The van der Waals surface area contributed by atoms with E-state index in [9.17, 15) is 29.7 Å². The molecule has 3 atom stereocenters. The van der Waals surface area contributed by atoms with Crippen LogP contribution in [-0.4, -0.2) is 63.9 Å². The normalized spacial score (nSPS) is 15.3. The lowest BCUT2D eigenvalue weighted by Crippen LogP contribution is -2.52. The molecule has 3 unspecified atom stereocenters. The first-order chi connectivity index (χ1) is 20.0. The molecule has 7 heteroatoms. The molecule has 0 amide bonds. The third kappa shape index (κ3) is 21.8. The number of hydrogen-bond acceptors (Lipinski definition) is 3. The number of nitrogens with zero attached hydrogens (tertiary/aromatic N) is 1. The summed E-state index contributed by atoms with van der Waals surface area (Å²) in [5.41, 5.74) is 0. The molecule has 0 heterocycles. The molecule has 0 spiro atoms. The molecule has 0 bridgehead atoms. The number of quaternary nitrogens is 1. The maximum atomic E-state index is 11.5. The Hall–Kier alpha value is -1.89. The van der Waals surface area contributed by atoms with Gasteiger partial charge in [-0.25, -0.2) is 0 Å². The van der Waals surface area contributed by atoms with Gasteiger partial charge < -0.3 is 19.8 Å². The molecule has 0 aromatic carbocycles. The molecule has 0 aromatic heterocycles. The van der Waals surface area contributed by atoms with Crippen LogP contribution in [0, 0.1) is 17.8 Å². The molecule has 0 saturated heterocycles. The zero-order valence-electron chi connectivity index (χ0n) is 27.7. The second-order valence-corrected chi connectivity index (χ2v) is 13.0. The van der Waals surface area contributed by atoms with Crippen molar-refractivity contribution in [1.82, 2.24) is 0 Å². The van der Waals surface area contributed by atoms with E-state index < -0.39 is 35.7 Å². The number of aliphatic carboxylic acids is 3. The maximum Gasteiger partial charge on any atom is 0.306 e. The molecule has 7 nitrogen and oxygen atoms in total. The number of allylic oxidation sites excluding steroid dienone is 1. The highest BCUT2D eigenvalue weighted by Gasteiger charge is 2.31. The van der Waals surface area contributed by atoms with E-state index in [1.165, 1.54) is 89.9 Å². The van der Waals surface area contributed by atoms with Gasteiger partial charge in [-0.3, -0.25) is 14.4 Å². The van der Waals surface area contributed by atoms with E-state index in [1.807, 2.05) is 0 Å². The second kappa shape index (κ2) is 25.6. The van der Waals surface area contributed by atoms with Crippen LogP contribution in [0.25, 0.3) is 0 Å². The van der Waals surface area contributed by atoms with Crippen molar-refractivity contribution in [1.29, 1.82) is 0 Å². The molecule has 0 rings (SSSR count). The van der Waals surface area contributed by atoms with Crippen molar-refractivity contribution >= 4 is 17.9 Å². The molecule has 42 heavy (non-hydrogen) atoms. The number of hydrogen-bond donors (Lipinski definition) is 3. The molecule has 0 fully saturated rings. The van der Waals surface area contributed by atoms with Gasteiger partial charge in [0.25, 0.3) is 0 Å². The monoisotopic (exact) mass is 596 g/mol. The highest BCUT2D eigenvalue weighted by atomic mass is 16.4. The van der Waals surface area contributed by atoms with Crippen molar-refractivity contribution < 1.29 is 34.2 Å². The Kier molecular flexibility index (Phi) is 24.4. The summed E-state index contributed by atoms with van der Waals surface area (Å²) in [5.74, 6) is -3.98. The number of unbranched alkanes of at least 4 members (excludes halogenated alkanes) is 14. The largest absolute Gasteiger partial charge is 0.481 e. The van der Waals surface area contributed by atoms with E-state index in [0.717, 1.165) is 19.4 Å².